The summed E-state index contributed by atoms with van der Waals surface area (Å²) in [6.45, 7) is -0.428. The molecule has 126 valence electrons. The lowest BCUT2D eigenvalue weighted by Crippen LogP contribution is -2.44. The molecule has 8 heteroatoms. The van der Waals surface area contributed by atoms with Gasteiger partial charge in [-0.2, -0.15) is 13.2 Å². The van der Waals surface area contributed by atoms with Crippen LogP contribution in [0.2, 0.25) is 10.3 Å². The normalized spacial score (nSPS) is 20.8. The number of rotatable bonds is 2. The molecule has 2 heterocycles. The van der Waals surface area contributed by atoms with E-state index in [0.717, 1.165) is 0 Å². The van der Waals surface area contributed by atoms with Crippen molar-refractivity contribution in [2.75, 3.05) is 11.9 Å². The van der Waals surface area contributed by atoms with Gasteiger partial charge in [0.15, 0.2) is 0 Å². The Morgan fingerprint density at radius 1 is 1.04 bits per heavy atom. The molecule has 1 aliphatic rings. The first kappa shape index (κ1) is 17.0. The van der Waals surface area contributed by atoms with Crippen LogP contribution in [0.15, 0.2) is 47.5 Å². The van der Waals surface area contributed by atoms with Gasteiger partial charge in [0.2, 0.25) is 0 Å². The Bertz CT molecular complexity index is 758. The fraction of sp³-hybridized carbons (Fsp3) is 0.250. The SMILES string of the molecule is FC(F)(F)C1(c2cc(Cl)nc(Cl)c2)CN=C(Nc2ccccc2)C1. The smallest absolute Gasteiger partial charge is 0.344 e. The largest absolute Gasteiger partial charge is 0.400 e. The van der Waals surface area contributed by atoms with Crippen LogP contribution in [0, 0.1) is 0 Å². The van der Waals surface area contributed by atoms with Crippen molar-refractivity contribution in [2.45, 2.75) is 18.0 Å². The second-order valence-electron chi connectivity index (χ2n) is 5.51. The van der Waals surface area contributed by atoms with Gasteiger partial charge in [-0.05, 0) is 29.8 Å². The van der Waals surface area contributed by atoms with Crippen molar-refractivity contribution < 1.29 is 13.2 Å². The third kappa shape index (κ3) is 3.21. The first-order valence-electron chi connectivity index (χ1n) is 7.06. The molecule has 1 unspecified atom stereocenters. The first-order chi connectivity index (χ1) is 11.3. The van der Waals surface area contributed by atoms with E-state index in [9.17, 15) is 13.2 Å². The van der Waals surface area contributed by atoms with Crippen LogP contribution in [0.1, 0.15) is 12.0 Å². The van der Waals surface area contributed by atoms with E-state index in [1.165, 1.54) is 12.1 Å². The lowest BCUT2D eigenvalue weighted by molar-refractivity contribution is -0.183. The van der Waals surface area contributed by atoms with Gasteiger partial charge in [0, 0.05) is 12.1 Å². The van der Waals surface area contributed by atoms with E-state index in [1.807, 2.05) is 6.07 Å². The fourth-order valence-corrected chi connectivity index (χ4v) is 3.15. The van der Waals surface area contributed by atoms with E-state index in [-0.39, 0.29) is 28.1 Å². The number of aliphatic imine (C=N–C) groups is 1. The van der Waals surface area contributed by atoms with E-state index in [0.29, 0.717) is 5.69 Å². The Balaban J connectivity index is 1.93. The van der Waals surface area contributed by atoms with E-state index >= 15 is 0 Å². The molecule has 1 aliphatic heterocycles. The fourth-order valence-electron chi connectivity index (χ4n) is 2.69. The van der Waals surface area contributed by atoms with Gasteiger partial charge in [0.25, 0.3) is 0 Å². The average Bonchev–Trinajstić information content (AvgIpc) is 2.92. The van der Waals surface area contributed by atoms with Crippen molar-refractivity contribution in [3.8, 4) is 0 Å². The van der Waals surface area contributed by atoms with Crippen molar-refractivity contribution in [1.29, 1.82) is 0 Å². The molecule has 24 heavy (non-hydrogen) atoms. The molecular formula is C16H12Cl2F3N3. The molecule has 0 radical (unpaired) electrons. The predicted octanol–water partition coefficient (Wildman–Crippen LogP) is 5.10. The number of aromatic nitrogens is 1. The number of pyridine rings is 1. The Kier molecular flexibility index (Phi) is 4.44. The highest BCUT2D eigenvalue weighted by atomic mass is 35.5. The van der Waals surface area contributed by atoms with Crippen molar-refractivity contribution in [2.24, 2.45) is 4.99 Å². The number of hydrogen-bond donors (Lipinski definition) is 1. The predicted molar refractivity (Wildman–Crippen MR) is 89.0 cm³/mol. The molecule has 3 nitrogen and oxygen atoms in total. The highest BCUT2D eigenvalue weighted by Crippen LogP contribution is 2.47. The number of benzene rings is 1. The van der Waals surface area contributed by atoms with E-state index in [1.54, 1.807) is 24.3 Å². The van der Waals surface area contributed by atoms with Crippen LogP contribution in [-0.2, 0) is 5.41 Å². The minimum absolute atomic E-state index is 0.0337. The molecule has 3 rings (SSSR count). The van der Waals surface area contributed by atoms with Gasteiger partial charge in [0.1, 0.15) is 21.6 Å². The Morgan fingerprint density at radius 3 is 2.25 bits per heavy atom. The monoisotopic (exact) mass is 373 g/mol. The standard InChI is InChI=1S/C16H12Cl2F3N3/c17-12-6-10(7-13(18)24-12)15(16(19,20)21)8-14(22-9-15)23-11-4-2-1-3-5-11/h1-7H,8-9H2,(H,22,23). The number of nitrogens with one attached hydrogen (secondary N) is 1. The Morgan fingerprint density at radius 2 is 1.67 bits per heavy atom. The average molecular weight is 374 g/mol. The molecule has 0 spiro atoms. The molecule has 1 aromatic carbocycles. The van der Waals surface area contributed by atoms with Crippen LogP contribution in [0.3, 0.4) is 0 Å². The maximum atomic E-state index is 13.9. The highest BCUT2D eigenvalue weighted by molar-refractivity contribution is 6.32. The number of para-hydroxylation sites is 1. The van der Waals surface area contributed by atoms with Gasteiger partial charge >= 0.3 is 6.18 Å². The molecule has 0 saturated heterocycles. The maximum absolute atomic E-state index is 13.9. The summed E-state index contributed by atoms with van der Waals surface area (Å²) < 4.78 is 41.6. The zero-order valence-electron chi connectivity index (χ0n) is 12.2. The molecule has 0 aliphatic carbocycles. The van der Waals surface area contributed by atoms with Gasteiger partial charge in [-0.15, -0.1) is 0 Å². The molecule has 1 aromatic heterocycles. The minimum atomic E-state index is -4.51. The molecule has 0 bridgehead atoms. The summed E-state index contributed by atoms with van der Waals surface area (Å²) in [5.41, 5.74) is -1.52. The highest BCUT2D eigenvalue weighted by Gasteiger charge is 2.58. The van der Waals surface area contributed by atoms with Gasteiger partial charge in [-0.3, -0.25) is 4.99 Å². The molecule has 1 N–H and O–H groups in total. The number of halogens is 5. The summed E-state index contributed by atoms with van der Waals surface area (Å²) in [5, 5.41) is 2.78. The van der Waals surface area contributed by atoms with E-state index in [2.05, 4.69) is 15.3 Å². The quantitative estimate of drug-likeness (QED) is 0.743. The van der Waals surface area contributed by atoms with Crippen LogP contribution in [0.25, 0.3) is 0 Å². The number of anilines is 1. The third-order valence-electron chi connectivity index (χ3n) is 3.93. The van der Waals surface area contributed by atoms with E-state index in [4.69, 9.17) is 23.2 Å². The summed E-state index contributed by atoms with van der Waals surface area (Å²) >= 11 is 11.6. The van der Waals surface area contributed by atoms with Crippen LogP contribution in [0.5, 0.6) is 0 Å². The van der Waals surface area contributed by atoms with Crippen molar-refractivity contribution in [3.63, 3.8) is 0 Å². The van der Waals surface area contributed by atoms with Crippen molar-refractivity contribution in [3.05, 3.63) is 58.3 Å². The maximum Gasteiger partial charge on any atom is 0.400 e. The number of nitrogens with zero attached hydrogens (tertiary/aromatic N) is 2. The summed E-state index contributed by atoms with van der Waals surface area (Å²) in [6.07, 6.45) is -4.83. The summed E-state index contributed by atoms with van der Waals surface area (Å²) in [6, 6.07) is 11.3. The molecule has 0 fully saturated rings. The summed E-state index contributed by atoms with van der Waals surface area (Å²) in [7, 11) is 0. The summed E-state index contributed by atoms with van der Waals surface area (Å²) in [5.74, 6) is 0.266. The van der Waals surface area contributed by atoms with Crippen LogP contribution < -0.4 is 5.32 Å². The zero-order valence-corrected chi connectivity index (χ0v) is 13.8. The third-order valence-corrected chi connectivity index (χ3v) is 4.32. The van der Waals surface area contributed by atoms with Gasteiger partial charge in [-0.1, -0.05) is 41.4 Å². The molecular weight excluding hydrogens is 362 g/mol. The Labute approximate surface area is 146 Å². The second kappa shape index (κ2) is 6.26. The zero-order chi connectivity index (χ0) is 17.4. The van der Waals surface area contributed by atoms with Gasteiger partial charge in [0.05, 0.1) is 6.54 Å². The molecule has 2 aromatic rings. The molecule has 1 atom stereocenters. The van der Waals surface area contributed by atoms with E-state index < -0.39 is 18.1 Å². The molecule has 0 saturated carbocycles. The van der Waals surface area contributed by atoms with Crippen LogP contribution in [0.4, 0.5) is 18.9 Å². The van der Waals surface area contributed by atoms with Crippen LogP contribution >= 0.6 is 23.2 Å². The number of alkyl halides is 3. The lowest BCUT2D eigenvalue weighted by Gasteiger charge is -2.31. The minimum Gasteiger partial charge on any atom is -0.344 e. The van der Waals surface area contributed by atoms with Crippen molar-refractivity contribution >= 4 is 34.7 Å². The van der Waals surface area contributed by atoms with Crippen LogP contribution in [-0.4, -0.2) is 23.5 Å². The van der Waals surface area contributed by atoms with Gasteiger partial charge < -0.3 is 5.32 Å². The first-order valence-corrected chi connectivity index (χ1v) is 7.81. The van der Waals surface area contributed by atoms with Crippen molar-refractivity contribution in [1.82, 2.24) is 4.98 Å². The lowest BCUT2D eigenvalue weighted by atomic mass is 9.78. The number of hydrogen-bond acceptors (Lipinski definition) is 3. The number of amidine groups is 1. The summed E-state index contributed by atoms with van der Waals surface area (Å²) in [4.78, 5) is 7.78. The topological polar surface area (TPSA) is 37.3 Å². The molecule has 0 amide bonds. The Hall–Kier alpha value is -1.79. The van der Waals surface area contributed by atoms with Gasteiger partial charge in [-0.25, -0.2) is 4.98 Å². The second-order valence-corrected chi connectivity index (χ2v) is 6.29.